The molecule has 1 rings (SSSR count). The van der Waals surface area contributed by atoms with Crippen LogP contribution in [-0.4, -0.2) is 53.2 Å². The third kappa shape index (κ3) is 2.36. The van der Waals surface area contributed by atoms with Gasteiger partial charge in [-0.15, -0.1) is 6.42 Å². The van der Waals surface area contributed by atoms with Gasteiger partial charge in [-0.05, 0) is 6.92 Å². The first-order valence-electron chi connectivity index (χ1n) is 4.30. The molecule has 1 saturated heterocycles. The molecule has 1 heterocycles. The highest BCUT2D eigenvalue weighted by atomic mass is 16.4. The van der Waals surface area contributed by atoms with Crippen LogP contribution >= 0.6 is 0 Å². The maximum atomic E-state index is 10.6. The highest BCUT2D eigenvalue weighted by molar-refractivity contribution is 5.65. The number of terminal acetylenes is 1. The molecule has 0 aromatic heterocycles. The van der Waals surface area contributed by atoms with Crippen LogP contribution in [0.5, 0.6) is 0 Å². The fourth-order valence-electron chi connectivity index (χ4n) is 1.52. The third-order valence-corrected chi connectivity index (χ3v) is 2.33. The summed E-state index contributed by atoms with van der Waals surface area (Å²) in [5.41, 5.74) is 0. The van der Waals surface area contributed by atoms with E-state index in [2.05, 4.69) is 10.8 Å². The van der Waals surface area contributed by atoms with Crippen molar-refractivity contribution in [3.05, 3.63) is 0 Å². The largest absolute Gasteiger partial charge is 0.465 e. The average Bonchev–Trinajstić information content (AvgIpc) is 2.08. The Kier molecular flexibility index (Phi) is 3.15. The monoisotopic (exact) mass is 182 g/mol. The Morgan fingerprint density at radius 1 is 1.69 bits per heavy atom. The van der Waals surface area contributed by atoms with Crippen LogP contribution in [0.4, 0.5) is 4.79 Å². The minimum atomic E-state index is -0.841. The Morgan fingerprint density at radius 3 is 2.85 bits per heavy atom. The quantitative estimate of drug-likeness (QED) is 0.593. The van der Waals surface area contributed by atoms with E-state index in [1.165, 1.54) is 4.90 Å². The third-order valence-electron chi connectivity index (χ3n) is 2.33. The first kappa shape index (κ1) is 9.87. The van der Waals surface area contributed by atoms with Gasteiger partial charge in [-0.25, -0.2) is 4.79 Å². The molecule has 0 saturated carbocycles. The van der Waals surface area contributed by atoms with Gasteiger partial charge in [-0.3, -0.25) is 4.90 Å². The second-order valence-corrected chi connectivity index (χ2v) is 3.25. The highest BCUT2D eigenvalue weighted by Gasteiger charge is 2.25. The molecule has 1 N–H and O–H groups in total. The van der Waals surface area contributed by atoms with Gasteiger partial charge in [0.25, 0.3) is 0 Å². The van der Waals surface area contributed by atoms with Crippen LogP contribution in [0.2, 0.25) is 0 Å². The van der Waals surface area contributed by atoms with Crippen molar-refractivity contribution >= 4 is 6.09 Å². The van der Waals surface area contributed by atoms with Crippen LogP contribution in [0, 0.1) is 12.3 Å². The predicted octanol–water partition coefficient (Wildman–Crippen LogP) is 0.304. The summed E-state index contributed by atoms with van der Waals surface area (Å²) in [6.45, 7) is 4.44. The summed E-state index contributed by atoms with van der Waals surface area (Å²) in [5, 5.41) is 8.74. The van der Waals surface area contributed by atoms with Crippen LogP contribution in [-0.2, 0) is 0 Å². The molecular formula is C9H14N2O2. The van der Waals surface area contributed by atoms with Gasteiger partial charge < -0.3 is 10.0 Å². The van der Waals surface area contributed by atoms with Gasteiger partial charge in [-0.1, -0.05) is 5.92 Å². The molecule has 4 nitrogen and oxygen atoms in total. The van der Waals surface area contributed by atoms with E-state index in [0.717, 1.165) is 6.54 Å². The number of nitrogens with zero attached hydrogens (tertiary/aromatic N) is 2. The first-order chi connectivity index (χ1) is 6.15. The Balaban J connectivity index is 2.47. The van der Waals surface area contributed by atoms with Crippen LogP contribution in [0.25, 0.3) is 0 Å². The van der Waals surface area contributed by atoms with Gasteiger partial charge in [0.2, 0.25) is 0 Å². The molecule has 4 heteroatoms. The molecule has 1 amide bonds. The summed E-state index contributed by atoms with van der Waals surface area (Å²) in [7, 11) is 0. The van der Waals surface area contributed by atoms with E-state index in [9.17, 15) is 4.79 Å². The molecule has 1 aliphatic rings. The molecule has 1 atom stereocenters. The molecule has 0 aliphatic carbocycles. The van der Waals surface area contributed by atoms with Crippen molar-refractivity contribution in [2.75, 3.05) is 26.2 Å². The van der Waals surface area contributed by atoms with Crippen molar-refractivity contribution in [3.63, 3.8) is 0 Å². The predicted molar refractivity (Wildman–Crippen MR) is 49.5 cm³/mol. The molecule has 0 spiro atoms. The van der Waals surface area contributed by atoms with E-state index in [0.29, 0.717) is 19.6 Å². The van der Waals surface area contributed by atoms with Crippen molar-refractivity contribution in [2.45, 2.75) is 13.0 Å². The Morgan fingerprint density at radius 2 is 2.38 bits per heavy atom. The van der Waals surface area contributed by atoms with E-state index >= 15 is 0 Å². The molecule has 1 fully saturated rings. The van der Waals surface area contributed by atoms with Crippen molar-refractivity contribution in [2.24, 2.45) is 0 Å². The minimum Gasteiger partial charge on any atom is -0.465 e. The first-order valence-corrected chi connectivity index (χ1v) is 4.30. The summed E-state index contributed by atoms with van der Waals surface area (Å²) < 4.78 is 0. The number of carbonyl (C=O) groups is 1. The molecule has 0 radical (unpaired) electrons. The van der Waals surface area contributed by atoms with E-state index in [1.54, 1.807) is 0 Å². The van der Waals surface area contributed by atoms with E-state index < -0.39 is 6.09 Å². The molecule has 0 bridgehead atoms. The molecule has 72 valence electrons. The lowest BCUT2D eigenvalue weighted by molar-refractivity contribution is 0.0829. The summed E-state index contributed by atoms with van der Waals surface area (Å²) in [6.07, 6.45) is 4.35. The van der Waals surface area contributed by atoms with Crippen molar-refractivity contribution < 1.29 is 9.90 Å². The lowest BCUT2D eigenvalue weighted by Gasteiger charge is -2.37. The highest BCUT2D eigenvalue weighted by Crippen LogP contribution is 2.08. The SMILES string of the molecule is C#CCN1CCN(C(=O)O)CC1C. The Labute approximate surface area is 78.1 Å². The molecule has 1 unspecified atom stereocenters. The van der Waals surface area contributed by atoms with Gasteiger partial charge in [0.1, 0.15) is 0 Å². The average molecular weight is 182 g/mol. The van der Waals surface area contributed by atoms with Crippen LogP contribution in [0.15, 0.2) is 0 Å². The number of carboxylic acid groups (broad SMARTS) is 1. The van der Waals surface area contributed by atoms with Gasteiger partial charge >= 0.3 is 6.09 Å². The summed E-state index contributed by atoms with van der Waals surface area (Å²) in [6, 6.07) is 0.223. The van der Waals surface area contributed by atoms with E-state index in [-0.39, 0.29) is 6.04 Å². The normalized spacial score (nSPS) is 24.0. The van der Waals surface area contributed by atoms with E-state index in [4.69, 9.17) is 11.5 Å². The maximum Gasteiger partial charge on any atom is 0.407 e. The van der Waals surface area contributed by atoms with Gasteiger partial charge in [0.15, 0.2) is 0 Å². The topological polar surface area (TPSA) is 43.8 Å². The lowest BCUT2D eigenvalue weighted by Crippen LogP contribution is -2.53. The standard InChI is InChI=1S/C9H14N2O2/c1-3-4-10-5-6-11(9(12)13)7-8(10)2/h1,8H,4-7H2,2H3,(H,12,13). The number of piperazine rings is 1. The maximum absolute atomic E-state index is 10.6. The van der Waals surface area contributed by atoms with Gasteiger partial charge in [0, 0.05) is 25.7 Å². The van der Waals surface area contributed by atoms with Gasteiger partial charge in [0.05, 0.1) is 6.54 Å². The Bertz CT molecular complexity index is 234. The van der Waals surface area contributed by atoms with Crippen molar-refractivity contribution in [1.82, 2.24) is 9.80 Å². The number of rotatable bonds is 1. The zero-order valence-electron chi connectivity index (χ0n) is 7.73. The van der Waals surface area contributed by atoms with Crippen LogP contribution < -0.4 is 0 Å². The Hall–Kier alpha value is -1.21. The molecule has 1 aliphatic heterocycles. The van der Waals surface area contributed by atoms with Crippen LogP contribution in [0.3, 0.4) is 0 Å². The van der Waals surface area contributed by atoms with Gasteiger partial charge in [-0.2, -0.15) is 0 Å². The molecule has 0 aromatic rings. The smallest absolute Gasteiger partial charge is 0.407 e. The summed E-state index contributed by atoms with van der Waals surface area (Å²) in [4.78, 5) is 14.2. The summed E-state index contributed by atoms with van der Waals surface area (Å²) >= 11 is 0. The molecule has 13 heavy (non-hydrogen) atoms. The fraction of sp³-hybridized carbons (Fsp3) is 0.667. The zero-order valence-corrected chi connectivity index (χ0v) is 7.73. The number of hydrogen-bond donors (Lipinski definition) is 1. The second-order valence-electron chi connectivity index (χ2n) is 3.25. The fourth-order valence-corrected chi connectivity index (χ4v) is 1.52. The number of hydrogen-bond acceptors (Lipinski definition) is 2. The zero-order chi connectivity index (χ0) is 9.84. The van der Waals surface area contributed by atoms with Crippen LogP contribution in [0.1, 0.15) is 6.92 Å². The lowest BCUT2D eigenvalue weighted by atomic mass is 10.2. The molecular weight excluding hydrogens is 168 g/mol. The van der Waals surface area contributed by atoms with E-state index in [1.807, 2.05) is 6.92 Å². The minimum absolute atomic E-state index is 0.223. The van der Waals surface area contributed by atoms with Crippen molar-refractivity contribution in [1.29, 1.82) is 0 Å². The summed E-state index contributed by atoms with van der Waals surface area (Å²) in [5.74, 6) is 2.57. The van der Waals surface area contributed by atoms with Crippen molar-refractivity contribution in [3.8, 4) is 12.3 Å². The second kappa shape index (κ2) is 4.15. The number of amides is 1. The molecule has 0 aromatic carbocycles.